The molecule has 7 aliphatic rings. The molecule has 5 aromatic carbocycles. The van der Waals surface area contributed by atoms with Crippen LogP contribution in [0.4, 0.5) is 0 Å². The zero-order valence-electron chi connectivity index (χ0n) is 72.2. The first-order valence-corrected chi connectivity index (χ1v) is 44.1. The number of hydrogen-bond acceptors (Lipinski definition) is 31. The number of aromatic hydroxyl groups is 2. The summed E-state index contributed by atoms with van der Waals surface area (Å²) in [5.41, 5.74) is 2.94. The highest BCUT2D eigenvalue weighted by Gasteiger charge is 2.53. The maximum Gasteiger partial charge on any atom is 0.295 e. The molecular formula is C90H117Cl2N7O30. The van der Waals surface area contributed by atoms with Crippen LogP contribution in [0.5, 0.6) is 40.2 Å². The van der Waals surface area contributed by atoms with Gasteiger partial charge in [0.2, 0.25) is 53.7 Å². The largest absolute Gasteiger partial charge is 0.508 e. The summed E-state index contributed by atoms with van der Waals surface area (Å²) in [4.78, 5) is 146. The van der Waals surface area contributed by atoms with Gasteiger partial charge in [-0.15, -0.1) is 0 Å². The fraction of sp³-hybridized carbons (Fsp3) is 0.556. The Kier molecular flexibility index (Phi) is 36.2. The van der Waals surface area contributed by atoms with Crippen LogP contribution in [0.25, 0.3) is 11.1 Å². The van der Waals surface area contributed by atoms with E-state index in [0.29, 0.717) is 12.8 Å². The van der Waals surface area contributed by atoms with Crippen LogP contribution < -0.4 is 51.8 Å². The number of phenolic OH excluding ortho intramolecular Hbond substituents is 2. The van der Waals surface area contributed by atoms with Crippen molar-refractivity contribution in [2.75, 3.05) is 19.8 Å². The third-order valence-electron chi connectivity index (χ3n) is 24.0. The van der Waals surface area contributed by atoms with E-state index in [2.05, 4.69) is 38.8 Å². The maximum absolute atomic E-state index is 16.6. The number of nitrogens with one attached hydrogen (secondary N) is 6. The molecule has 39 heteroatoms. The summed E-state index contributed by atoms with van der Waals surface area (Å²) in [5.74, 6) is -17.4. The van der Waals surface area contributed by atoms with Crippen molar-refractivity contribution < 1.29 is 147 Å². The summed E-state index contributed by atoms with van der Waals surface area (Å²) >= 11 is 14.4. The van der Waals surface area contributed by atoms with Gasteiger partial charge in [0.1, 0.15) is 102 Å². The highest BCUT2D eigenvalue weighted by atomic mass is 35.5. The molecule has 129 heavy (non-hydrogen) atoms. The number of benzene rings is 5. The molecule has 7 heterocycles. The van der Waals surface area contributed by atoms with Gasteiger partial charge in [0, 0.05) is 67.7 Å². The quantitative estimate of drug-likeness (QED) is 0.0197. The lowest BCUT2D eigenvalue weighted by Gasteiger charge is -2.48. The second kappa shape index (κ2) is 46.0. The lowest BCUT2D eigenvalue weighted by atomic mass is 9.84. The molecule has 21 N–H and O–H groups in total. The van der Waals surface area contributed by atoms with Gasteiger partial charge in [-0.2, -0.15) is 0 Å². The van der Waals surface area contributed by atoms with Crippen LogP contribution in [0.2, 0.25) is 10.0 Å². The average molecular weight is 1850 g/mol. The highest BCUT2D eigenvalue weighted by Crippen LogP contribution is 2.50. The van der Waals surface area contributed by atoms with Crippen LogP contribution in [0.15, 0.2) is 78.9 Å². The van der Waals surface area contributed by atoms with Crippen molar-refractivity contribution >= 4 is 82.5 Å². The van der Waals surface area contributed by atoms with Crippen molar-refractivity contribution in [3.8, 4) is 51.4 Å². The van der Waals surface area contributed by atoms with Crippen LogP contribution in [0, 0.1) is 17.8 Å². The number of unbranched alkanes of at least 4 members (excludes halogenated alkanes) is 7. The lowest BCUT2D eigenvalue weighted by molar-refractivity contribution is -0.334. The van der Waals surface area contributed by atoms with Crippen molar-refractivity contribution in [2.24, 2.45) is 23.5 Å². The van der Waals surface area contributed by atoms with Crippen molar-refractivity contribution in [2.45, 2.75) is 279 Å². The molecule has 6 amide bonds. The Hall–Kier alpha value is -9.62. The Labute approximate surface area is 754 Å². The van der Waals surface area contributed by atoms with E-state index in [9.17, 15) is 90.4 Å². The zero-order valence-corrected chi connectivity index (χ0v) is 73.7. The molecule has 11 bridgehead atoms. The van der Waals surface area contributed by atoms with Gasteiger partial charge in [0.25, 0.3) is 6.47 Å². The van der Waals surface area contributed by atoms with Crippen molar-refractivity contribution in [3.63, 3.8) is 0 Å². The van der Waals surface area contributed by atoms with Crippen LogP contribution in [0.3, 0.4) is 0 Å². The molecule has 0 saturated carbocycles. The van der Waals surface area contributed by atoms with Gasteiger partial charge in [0.15, 0.2) is 41.2 Å². The normalized spacial score (nSPS) is 26.7. The summed E-state index contributed by atoms with van der Waals surface area (Å²) in [6.45, 7) is 8.51. The third-order valence-corrected chi connectivity index (χ3v) is 24.6. The van der Waals surface area contributed by atoms with E-state index in [1.165, 1.54) is 49.4 Å². The molecule has 7 aliphatic heterocycles. The molecular weight excluding hydrogens is 1730 g/mol. The summed E-state index contributed by atoms with van der Waals surface area (Å²) in [6, 6.07) is 8.93. The van der Waals surface area contributed by atoms with E-state index in [1.54, 1.807) is 13.8 Å². The zero-order chi connectivity index (χ0) is 94.2. The molecule has 0 radical (unpaired) electrons. The van der Waals surface area contributed by atoms with Crippen molar-refractivity contribution in [3.05, 3.63) is 122 Å². The number of fused-ring (bicyclic) bond motifs is 15. The minimum Gasteiger partial charge on any atom is -0.508 e. The molecule has 706 valence electrons. The van der Waals surface area contributed by atoms with Crippen molar-refractivity contribution in [1.29, 1.82) is 0 Å². The van der Waals surface area contributed by atoms with E-state index < -0.39 is 258 Å². The van der Waals surface area contributed by atoms with E-state index in [1.807, 2.05) is 13.8 Å². The molecule has 0 aromatic heterocycles. The van der Waals surface area contributed by atoms with Gasteiger partial charge >= 0.3 is 0 Å². The molecule has 0 aliphatic carbocycles. The minimum absolute atomic E-state index is 0.0428. The van der Waals surface area contributed by atoms with Crippen molar-refractivity contribution in [1.82, 2.24) is 31.9 Å². The molecule has 2 fully saturated rings. The molecule has 5 aromatic rings. The predicted octanol–water partition coefficient (Wildman–Crippen LogP) is 4.42. The molecule has 0 spiro atoms. The second-order valence-electron chi connectivity index (χ2n) is 34.2. The number of amides is 6. The topological polar surface area (TPSA) is 597 Å². The fourth-order valence-corrected chi connectivity index (χ4v) is 17.1. The molecule has 5 unspecified atom stereocenters. The first-order valence-electron chi connectivity index (χ1n) is 43.3. The molecule has 22 atom stereocenters. The number of phenols is 2. The summed E-state index contributed by atoms with van der Waals surface area (Å²) < 4.78 is 45.0. The molecule has 37 nitrogen and oxygen atoms in total. The number of Topliss-reactive ketones (excluding diaryl/α,β-unsaturated/α-hetero) is 3. The number of carbonyl (C=O) groups excluding carboxylic acids is 10. The smallest absolute Gasteiger partial charge is 0.295 e. The lowest BCUT2D eigenvalue weighted by Crippen LogP contribution is -2.66. The number of hydrogen-bond donors (Lipinski definition) is 20. The van der Waals surface area contributed by atoms with Gasteiger partial charge in [0.05, 0.1) is 46.7 Å². The summed E-state index contributed by atoms with van der Waals surface area (Å²) in [5, 5.41) is 161. The Morgan fingerprint density at radius 2 is 1.33 bits per heavy atom. The van der Waals surface area contributed by atoms with E-state index in [4.69, 9.17) is 62.1 Å². The van der Waals surface area contributed by atoms with Crippen LogP contribution in [-0.2, 0) is 73.4 Å². The van der Waals surface area contributed by atoms with Crippen LogP contribution in [0.1, 0.15) is 214 Å². The van der Waals surface area contributed by atoms with E-state index in [-0.39, 0.29) is 119 Å². The molecule has 2 saturated heterocycles. The average Bonchev–Trinajstić information content (AvgIpc) is 0.768. The number of carbonyl (C=O) groups is 10. The Balaban J connectivity index is 1.14. The predicted molar refractivity (Wildman–Crippen MR) is 459 cm³/mol. The van der Waals surface area contributed by atoms with Gasteiger partial charge < -0.3 is 137 Å². The van der Waals surface area contributed by atoms with Crippen LogP contribution >= 0.6 is 23.2 Å². The number of aliphatic hydroxyl groups is 11. The Morgan fingerprint density at radius 3 is 1.95 bits per heavy atom. The van der Waals surface area contributed by atoms with Crippen LogP contribution in [-0.4, -0.2) is 237 Å². The number of nitrogens with two attached hydrogens (primary N) is 1. The second-order valence-corrected chi connectivity index (χ2v) is 35.0. The third kappa shape index (κ3) is 25.2. The summed E-state index contributed by atoms with van der Waals surface area (Å²) in [7, 11) is 0. The highest BCUT2D eigenvalue weighted by molar-refractivity contribution is 6.32. The van der Waals surface area contributed by atoms with E-state index >= 15 is 24.0 Å². The minimum atomic E-state index is -2.23. The maximum atomic E-state index is 16.6. The number of ketones is 3. The van der Waals surface area contributed by atoms with Gasteiger partial charge in [-0.1, -0.05) is 108 Å². The first kappa shape index (κ1) is 102. The number of aliphatic hydroxyl groups excluding tert-OH is 11. The Morgan fingerprint density at radius 1 is 0.690 bits per heavy atom. The van der Waals surface area contributed by atoms with E-state index in [0.717, 1.165) is 74.9 Å². The SMILES string of the molecule is CCCCCCCCCC(=O)NC1(C)C[C@H](O[C@H]2C(Oc3c4cc5cc3Oc3ccc(cc3Cl)[C@@H](O)[C@@H](NC(=O)[C@H](CC)CC(C)C)C(=O)C[C@@H](CC(N)=O)C(=O)N[C@H]5C(=O)C[C@@H]3C(=O)N[C@H](C(=O)N[C@H](OC=O)c5cc(O)c(CNCCCCC(=O)[C@H](O)[C@@H](O)[C@H](O)[C@H](O)CO)cc5-c5cc3ccc5O)[C@H](O)c3ccc(c(Cl)c3)O4)O[C@H](CO)C(O)C2O)OC(C)[C@H]1O. The standard InChI is InChI=1S/C90H117Cl2N7O30/c1-7-9-10-11-12-13-14-18-69(110)99-90(6)37-70(124-43(5)83(90)118)128-82-80(117)78(115)67(40-101)127-89(82)129-81-65-32-48-33-66(81)126-64-24-21-47(30-56(64)92)75(112)73-87(122)98-88(123-41-102)54-36-59(105)50(38-94-25-16-15-17-58(104)76(113)79(116)77(114)62(108)39-100)28-52(54)53-27-45(19-22-57(53)103)51(86(121)97-73)35-61(107)71(48)95-85(120)49(34-68(93)109)31-60(106)72(96-84(119)44(8-2)26-42(3)4)74(111)46-20-23-63(125-65)55(91)29-46/h19-24,27-30,32-33,36,41-44,49,51,62,67,70-80,82-83,88-89,94,100-101,103,105,108,111-118H,7-18,25-26,31,34-35,37-40H2,1-6H3,(H2,93,109)(H,95,120)(H,96,119)(H,97,121)(H,98,122)(H,99,110)/t43?,44-,49+,51+,62-,67-,70+,71-,72+,73+,74-,75-,76+,77-,78?,79-,80?,82-,83-,88-,89?,90?/m1/s1. The van der Waals surface area contributed by atoms with Gasteiger partial charge in [-0.05, 0) is 147 Å². The fourth-order valence-electron chi connectivity index (χ4n) is 16.6. The molecule has 12 rings (SSSR count). The number of primary amides is 1. The van der Waals surface area contributed by atoms with Gasteiger partial charge in [-0.25, -0.2) is 0 Å². The number of ether oxygens (including phenoxy) is 7. The first-order chi connectivity index (χ1) is 61.3. The Bertz CT molecular complexity index is 4820. The summed E-state index contributed by atoms with van der Waals surface area (Å²) in [6.07, 6.45) is -24.3. The number of halogens is 2. The monoisotopic (exact) mass is 1850 g/mol. The van der Waals surface area contributed by atoms with Gasteiger partial charge in [-0.3, -0.25) is 47.9 Å². The number of rotatable bonds is 35.